The molecule has 1 heterocycles. The van der Waals surface area contributed by atoms with Crippen LogP contribution in [0.1, 0.15) is 15.4 Å². The highest BCUT2D eigenvalue weighted by atomic mass is 35.5. The average molecular weight is 460 g/mol. The molecular weight excluding hydrogens is 448 g/mol. The van der Waals surface area contributed by atoms with Crippen LogP contribution in [0.25, 0.3) is 0 Å². The van der Waals surface area contributed by atoms with Crippen molar-refractivity contribution in [1.29, 1.82) is 0 Å². The lowest BCUT2D eigenvalue weighted by Crippen LogP contribution is -2.12. The molecule has 146 valence electrons. The third kappa shape index (κ3) is 4.61. The van der Waals surface area contributed by atoms with Crippen LogP contribution in [0.15, 0.2) is 47.4 Å². The third-order valence-corrected chi connectivity index (χ3v) is 6.62. The van der Waals surface area contributed by atoms with E-state index in [4.69, 9.17) is 23.2 Å². The van der Waals surface area contributed by atoms with E-state index in [1.807, 2.05) is 0 Å². The number of thiazole rings is 1. The highest BCUT2D eigenvalue weighted by Gasteiger charge is 2.20. The number of anilines is 2. The molecule has 0 unspecified atom stereocenters. The first-order valence-electron chi connectivity index (χ1n) is 7.68. The number of nitrogens with zero attached hydrogens (tertiary/aromatic N) is 1. The zero-order valence-electron chi connectivity index (χ0n) is 14.2. The Balaban J connectivity index is 1.79. The summed E-state index contributed by atoms with van der Waals surface area (Å²) in [6.45, 7) is 1.57. The van der Waals surface area contributed by atoms with E-state index >= 15 is 0 Å². The standard InChI is InChI=1S/C17H12Cl2FN3O3S2/c1-9-15(16(24)22-11-4-7-14(20)13(19)8-11)27-17(21-9)23-28(25,26)12-5-2-10(18)3-6-12/h2-8H,1H3,(H,21,23)(H,22,24). The van der Waals surface area contributed by atoms with Crippen molar-refractivity contribution in [3.8, 4) is 0 Å². The molecule has 0 spiro atoms. The van der Waals surface area contributed by atoms with Crippen LogP contribution in [0.3, 0.4) is 0 Å². The molecular formula is C17H12Cl2FN3O3S2. The number of nitrogens with one attached hydrogen (secondary N) is 2. The summed E-state index contributed by atoms with van der Waals surface area (Å²) in [6.07, 6.45) is 0. The van der Waals surface area contributed by atoms with Crippen molar-refractivity contribution in [2.24, 2.45) is 0 Å². The minimum atomic E-state index is -3.88. The maximum Gasteiger partial charge on any atom is 0.267 e. The molecule has 11 heteroatoms. The molecule has 6 nitrogen and oxygen atoms in total. The number of carbonyl (C=O) groups is 1. The Morgan fingerprint density at radius 1 is 1.14 bits per heavy atom. The van der Waals surface area contributed by atoms with E-state index in [1.54, 1.807) is 6.92 Å². The van der Waals surface area contributed by atoms with Gasteiger partial charge in [-0.15, -0.1) is 0 Å². The quantitative estimate of drug-likeness (QED) is 0.564. The second kappa shape index (κ2) is 8.04. The summed E-state index contributed by atoms with van der Waals surface area (Å²) in [6, 6.07) is 9.39. The fourth-order valence-corrected chi connectivity index (χ4v) is 4.60. The SMILES string of the molecule is Cc1nc(NS(=O)(=O)c2ccc(Cl)cc2)sc1C(=O)Nc1ccc(F)c(Cl)c1. The third-order valence-electron chi connectivity index (χ3n) is 3.53. The second-order valence-corrected chi connectivity index (χ2v) is 9.10. The summed E-state index contributed by atoms with van der Waals surface area (Å²) >= 11 is 12.3. The fraction of sp³-hybridized carbons (Fsp3) is 0.0588. The largest absolute Gasteiger partial charge is 0.321 e. The van der Waals surface area contributed by atoms with Crippen molar-refractivity contribution in [3.05, 3.63) is 68.9 Å². The van der Waals surface area contributed by atoms with Crippen LogP contribution in [0, 0.1) is 12.7 Å². The van der Waals surface area contributed by atoms with Crippen molar-refractivity contribution < 1.29 is 17.6 Å². The Bertz CT molecular complexity index is 1150. The topological polar surface area (TPSA) is 88.2 Å². The highest BCUT2D eigenvalue weighted by Crippen LogP contribution is 2.27. The van der Waals surface area contributed by atoms with Gasteiger partial charge in [0.15, 0.2) is 5.13 Å². The van der Waals surface area contributed by atoms with Crippen LogP contribution in [0.5, 0.6) is 0 Å². The number of hydrogen-bond acceptors (Lipinski definition) is 5. The van der Waals surface area contributed by atoms with E-state index in [1.165, 1.54) is 36.4 Å². The fourth-order valence-electron chi connectivity index (χ4n) is 2.20. The summed E-state index contributed by atoms with van der Waals surface area (Å²) in [7, 11) is -3.88. The zero-order chi connectivity index (χ0) is 20.5. The first-order valence-corrected chi connectivity index (χ1v) is 10.7. The van der Waals surface area contributed by atoms with Crippen molar-refractivity contribution >= 4 is 61.3 Å². The maximum absolute atomic E-state index is 13.2. The minimum absolute atomic E-state index is 0.0108. The number of halogens is 3. The first kappa shape index (κ1) is 20.5. The lowest BCUT2D eigenvalue weighted by molar-refractivity contribution is 0.103. The Kier molecular flexibility index (Phi) is 5.90. The molecule has 3 rings (SSSR count). The van der Waals surface area contributed by atoms with Gasteiger partial charge in [0.25, 0.3) is 15.9 Å². The predicted octanol–water partition coefficient (Wildman–Crippen LogP) is 4.95. The number of aryl methyl sites for hydroxylation is 1. The Morgan fingerprint density at radius 3 is 2.46 bits per heavy atom. The van der Waals surface area contributed by atoms with Gasteiger partial charge in [0.2, 0.25) is 0 Å². The van der Waals surface area contributed by atoms with E-state index in [2.05, 4.69) is 15.0 Å². The van der Waals surface area contributed by atoms with Crippen LogP contribution >= 0.6 is 34.5 Å². The van der Waals surface area contributed by atoms with E-state index < -0.39 is 21.7 Å². The summed E-state index contributed by atoms with van der Waals surface area (Å²) in [5.41, 5.74) is 0.636. The Labute approximate surface area is 174 Å². The second-order valence-electron chi connectivity index (χ2n) is 5.58. The average Bonchev–Trinajstić information content (AvgIpc) is 2.98. The van der Waals surface area contributed by atoms with E-state index in [0.717, 1.165) is 17.4 Å². The van der Waals surface area contributed by atoms with Gasteiger partial charge in [-0.2, -0.15) is 0 Å². The summed E-state index contributed by atoms with van der Waals surface area (Å²) in [5.74, 6) is -1.12. The summed E-state index contributed by atoms with van der Waals surface area (Å²) in [5, 5.41) is 2.88. The molecule has 1 amide bonds. The van der Waals surface area contributed by atoms with E-state index in [0.29, 0.717) is 16.4 Å². The predicted molar refractivity (Wildman–Crippen MR) is 108 cm³/mol. The van der Waals surface area contributed by atoms with Gasteiger partial charge >= 0.3 is 0 Å². The van der Waals surface area contributed by atoms with Gasteiger partial charge in [0.05, 0.1) is 15.6 Å². The van der Waals surface area contributed by atoms with Crippen molar-refractivity contribution in [3.63, 3.8) is 0 Å². The first-order chi connectivity index (χ1) is 13.2. The van der Waals surface area contributed by atoms with Gasteiger partial charge in [-0.3, -0.25) is 9.52 Å². The molecule has 0 saturated heterocycles. The Morgan fingerprint density at radius 2 is 1.82 bits per heavy atom. The van der Waals surface area contributed by atoms with Crippen LogP contribution in [-0.4, -0.2) is 19.3 Å². The normalized spacial score (nSPS) is 11.3. The van der Waals surface area contributed by atoms with Crippen LogP contribution in [0.2, 0.25) is 10.0 Å². The van der Waals surface area contributed by atoms with Gasteiger partial charge in [0, 0.05) is 10.7 Å². The molecule has 0 saturated carbocycles. The number of carbonyl (C=O) groups excluding carboxylic acids is 1. The summed E-state index contributed by atoms with van der Waals surface area (Å²) < 4.78 is 40.4. The van der Waals surface area contributed by atoms with Crippen LogP contribution in [0.4, 0.5) is 15.2 Å². The molecule has 2 aromatic carbocycles. The van der Waals surface area contributed by atoms with E-state index in [-0.39, 0.29) is 19.9 Å². The number of benzene rings is 2. The molecule has 0 radical (unpaired) electrons. The number of sulfonamides is 1. The number of hydrogen-bond donors (Lipinski definition) is 2. The smallest absolute Gasteiger partial charge is 0.267 e. The molecule has 1 aromatic heterocycles. The van der Waals surface area contributed by atoms with Crippen molar-refractivity contribution in [2.75, 3.05) is 10.0 Å². The molecule has 0 fully saturated rings. The zero-order valence-corrected chi connectivity index (χ0v) is 17.3. The van der Waals surface area contributed by atoms with Crippen molar-refractivity contribution in [1.82, 2.24) is 4.98 Å². The molecule has 3 aromatic rings. The number of rotatable bonds is 5. The number of amides is 1. The lowest BCUT2D eigenvalue weighted by atomic mass is 10.3. The van der Waals surface area contributed by atoms with Gasteiger partial charge in [-0.1, -0.05) is 34.5 Å². The molecule has 28 heavy (non-hydrogen) atoms. The van der Waals surface area contributed by atoms with Crippen LogP contribution in [-0.2, 0) is 10.0 Å². The summed E-state index contributed by atoms with van der Waals surface area (Å²) in [4.78, 5) is 16.8. The molecule has 0 aliphatic heterocycles. The van der Waals surface area contributed by atoms with Gasteiger partial charge in [-0.25, -0.2) is 17.8 Å². The maximum atomic E-state index is 13.2. The highest BCUT2D eigenvalue weighted by molar-refractivity contribution is 7.93. The molecule has 0 bridgehead atoms. The lowest BCUT2D eigenvalue weighted by Gasteiger charge is -2.05. The molecule has 0 aliphatic rings. The number of aromatic nitrogens is 1. The molecule has 0 aliphatic carbocycles. The van der Waals surface area contributed by atoms with Crippen molar-refractivity contribution in [2.45, 2.75) is 11.8 Å². The Hall–Kier alpha value is -2.20. The molecule has 0 atom stereocenters. The minimum Gasteiger partial charge on any atom is -0.321 e. The van der Waals surface area contributed by atoms with E-state index in [9.17, 15) is 17.6 Å². The van der Waals surface area contributed by atoms with Gasteiger partial charge in [0.1, 0.15) is 10.7 Å². The van der Waals surface area contributed by atoms with Gasteiger partial charge < -0.3 is 5.32 Å². The monoisotopic (exact) mass is 459 g/mol. The van der Waals surface area contributed by atoms with Gasteiger partial charge in [-0.05, 0) is 49.4 Å². The molecule has 2 N–H and O–H groups in total. The van der Waals surface area contributed by atoms with Crippen LogP contribution < -0.4 is 10.0 Å².